The SMILES string of the molecule is COc1ccc(C)cc1C(O)CNC1(C)CCC1. The fraction of sp³-hybridized carbons (Fsp3) is 0.600. The summed E-state index contributed by atoms with van der Waals surface area (Å²) in [5, 5.41) is 13.8. The summed E-state index contributed by atoms with van der Waals surface area (Å²) in [4.78, 5) is 0. The molecular weight excluding hydrogens is 226 g/mol. The highest BCUT2D eigenvalue weighted by Gasteiger charge is 2.31. The largest absolute Gasteiger partial charge is 0.496 e. The van der Waals surface area contributed by atoms with Crippen molar-refractivity contribution >= 4 is 0 Å². The minimum Gasteiger partial charge on any atom is -0.496 e. The lowest BCUT2D eigenvalue weighted by molar-refractivity contribution is 0.130. The number of methoxy groups -OCH3 is 1. The lowest BCUT2D eigenvalue weighted by Gasteiger charge is -2.40. The van der Waals surface area contributed by atoms with Gasteiger partial charge in [0, 0.05) is 17.6 Å². The number of benzene rings is 1. The topological polar surface area (TPSA) is 41.5 Å². The Kier molecular flexibility index (Phi) is 3.93. The molecule has 3 heteroatoms. The minimum absolute atomic E-state index is 0.220. The zero-order valence-electron chi connectivity index (χ0n) is 11.5. The molecule has 2 rings (SSSR count). The van der Waals surface area contributed by atoms with Crippen molar-refractivity contribution in [1.82, 2.24) is 5.32 Å². The van der Waals surface area contributed by atoms with Gasteiger partial charge in [-0.3, -0.25) is 0 Å². The second kappa shape index (κ2) is 5.29. The van der Waals surface area contributed by atoms with Gasteiger partial charge in [-0.15, -0.1) is 0 Å². The Morgan fingerprint density at radius 2 is 2.17 bits per heavy atom. The first-order valence-electron chi connectivity index (χ1n) is 6.62. The lowest BCUT2D eigenvalue weighted by Crippen LogP contribution is -2.49. The monoisotopic (exact) mass is 249 g/mol. The first kappa shape index (κ1) is 13.4. The van der Waals surface area contributed by atoms with Crippen LogP contribution in [0.3, 0.4) is 0 Å². The molecule has 1 fully saturated rings. The van der Waals surface area contributed by atoms with Crippen LogP contribution in [-0.4, -0.2) is 24.3 Å². The summed E-state index contributed by atoms with van der Waals surface area (Å²) in [6.07, 6.45) is 3.17. The average molecular weight is 249 g/mol. The Hall–Kier alpha value is -1.06. The van der Waals surface area contributed by atoms with Crippen molar-refractivity contribution in [3.8, 4) is 5.75 Å². The molecule has 1 aromatic carbocycles. The summed E-state index contributed by atoms with van der Waals surface area (Å²) in [6.45, 7) is 4.82. The molecule has 1 atom stereocenters. The van der Waals surface area contributed by atoms with Crippen LogP contribution in [0.25, 0.3) is 0 Å². The molecule has 18 heavy (non-hydrogen) atoms. The third-order valence-electron chi connectivity index (χ3n) is 3.92. The Balaban J connectivity index is 2.03. The van der Waals surface area contributed by atoms with Crippen molar-refractivity contribution < 1.29 is 9.84 Å². The van der Waals surface area contributed by atoms with E-state index >= 15 is 0 Å². The number of ether oxygens (including phenoxy) is 1. The lowest BCUT2D eigenvalue weighted by atomic mass is 9.78. The number of hydrogen-bond acceptors (Lipinski definition) is 3. The van der Waals surface area contributed by atoms with E-state index in [1.54, 1.807) is 7.11 Å². The maximum atomic E-state index is 10.3. The Labute approximate surface area is 109 Å². The van der Waals surface area contributed by atoms with E-state index in [1.807, 2.05) is 25.1 Å². The van der Waals surface area contributed by atoms with Crippen molar-refractivity contribution in [2.24, 2.45) is 0 Å². The third-order valence-corrected chi connectivity index (χ3v) is 3.92. The predicted molar refractivity (Wildman–Crippen MR) is 72.9 cm³/mol. The molecule has 0 aromatic heterocycles. The molecule has 0 heterocycles. The number of β-amino-alcohol motifs (C(OH)–C–C–N with tert-alkyl or cyclic N) is 1. The number of hydrogen-bond donors (Lipinski definition) is 2. The summed E-state index contributed by atoms with van der Waals surface area (Å²) < 4.78 is 5.31. The smallest absolute Gasteiger partial charge is 0.124 e. The zero-order valence-corrected chi connectivity index (χ0v) is 11.5. The summed E-state index contributed by atoms with van der Waals surface area (Å²) in [7, 11) is 1.64. The molecule has 1 unspecified atom stereocenters. The van der Waals surface area contributed by atoms with Gasteiger partial charge in [0.25, 0.3) is 0 Å². The molecule has 1 aliphatic rings. The molecule has 1 saturated carbocycles. The number of nitrogens with one attached hydrogen (secondary N) is 1. The minimum atomic E-state index is -0.516. The van der Waals surface area contributed by atoms with Gasteiger partial charge in [-0.25, -0.2) is 0 Å². The summed E-state index contributed by atoms with van der Waals surface area (Å²) >= 11 is 0. The summed E-state index contributed by atoms with van der Waals surface area (Å²) in [5.74, 6) is 0.758. The van der Waals surface area contributed by atoms with Crippen LogP contribution in [0.15, 0.2) is 18.2 Å². The van der Waals surface area contributed by atoms with E-state index in [-0.39, 0.29) is 5.54 Å². The number of aliphatic hydroxyl groups excluding tert-OH is 1. The van der Waals surface area contributed by atoms with Crippen LogP contribution in [0.4, 0.5) is 0 Å². The van der Waals surface area contributed by atoms with Gasteiger partial charge in [0.15, 0.2) is 0 Å². The van der Waals surface area contributed by atoms with E-state index in [1.165, 1.54) is 19.3 Å². The van der Waals surface area contributed by atoms with Crippen LogP contribution in [0.1, 0.15) is 43.4 Å². The maximum absolute atomic E-state index is 10.3. The Morgan fingerprint density at radius 3 is 2.72 bits per heavy atom. The van der Waals surface area contributed by atoms with Gasteiger partial charge in [0.05, 0.1) is 13.2 Å². The standard InChI is InChI=1S/C15H23NO2/c1-11-5-6-14(18-3)12(9-11)13(17)10-16-15(2)7-4-8-15/h5-6,9,13,16-17H,4,7-8,10H2,1-3H3. The van der Waals surface area contributed by atoms with Crippen LogP contribution in [0.5, 0.6) is 5.75 Å². The van der Waals surface area contributed by atoms with E-state index in [0.29, 0.717) is 6.54 Å². The van der Waals surface area contributed by atoms with Crippen molar-refractivity contribution in [2.75, 3.05) is 13.7 Å². The van der Waals surface area contributed by atoms with Crippen LogP contribution in [-0.2, 0) is 0 Å². The molecular formula is C15H23NO2. The van der Waals surface area contributed by atoms with Crippen LogP contribution in [0, 0.1) is 6.92 Å². The molecule has 0 spiro atoms. The molecule has 3 nitrogen and oxygen atoms in total. The predicted octanol–water partition coefficient (Wildman–Crippen LogP) is 2.57. The molecule has 0 saturated heterocycles. The molecule has 2 N–H and O–H groups in total. The van der Waals surface area contributed by atoms with Gasteiger partial charge < -0.3 is 15.2 Å². The summed E-state index contributed by atoms with van der Waals surface area (Å²) in [6, 6.07) is 5.91. The van der Waals surface area contributed by atoms with Gasteiger partial charge in [0.1, 0.15) is 5.75 Å². The molecule has 0 amide bonds. The first-order valence-corrected chi connectivity index (χ1v) is 6.62. The molecule has 0 radical (unpaired) electrons. The van der Waals surface area contributed by atoms with E-state index < -0.39 is 6.10 Å². The normalized spacial score (nSPS) is 19.1. The number of aliphatic hydroxyl groups is 1. The highest BCUT2D eigenvalue weighted by atomic mass is 16.5. The van der Waals surface area contributed by atoms with E-state index in [9.17, 15) is 5.11 Å². The van der Waals surface area contributed by atoms with Crippen LogP contribution in [0.2, 0.25) is 0 Å². The van der Waals surface area contributed by atoms with Gasteiger partial charge >= 0.3 is 0 Å². The van der Waals surface area contributed by atoms with Gasteiger partial charge in [-0.1, -0.05) is 11.6 Å². The van der Waals surface area contributed by atoms with Gasteiger partial charge in [0.2, 0.25) is 0 Å². The quantitative estimate of drug-likeness (QED) is 0.842. The Morgan fingerprint density at radius 1 is 1.44 bits per heavy atom. The number of rotatable bonds is 5. The van der Waals surface area contributed by atoms with E-state index in [4.69, 9.17) is 4.74 Å². The van der Waals surface area contributed by atoms with Crippen LogP contribution < -0.4 is 10.1 Å². The second-order valence-electron chi connectivity index (χ2n) is 5.56. The van der Waals surface area contributed by atoms with Gasteiger partial charge in [-0.2, -0.15) is 0 Å². The second-order valence-corrected chi connectivity index (χ2v) is 5.56. The maximum Gasteiger partial charge on any atom is 0.124 e. The highest BCUT2D eigenvalue weighted by molar-refractivity contribution is 5.38. The van der Waals surface area contributed by atoms with Crippen molar-refractivity contribution in [1.29, 1.82) is 0 Å². The fourth-order valence-electron chi connectivity index (χ4n) is 2.45. The molecule has 100 valence electrons. The highest BCUT2D eigenvalue weighted by Crippen LogP contribution is 2.32. The van der Waals surface area contributed by atoms with E-state index in [0.717, 1.165) is 16.9 Å². The zero-order chi connectivity index (χ0) is 13.2. The van der Waals surface area contributed by atoms with Crippen molar-refractivity contribution in [3.05, 3.63) is 29.3 Å². The van der Waals surface area contributed by atoms with E-state index in [2.05, 4.69) is 12.2 Å². The van der Waals surface area contributed by atoms with Crippen LogP contribution >= 0.6 is 0 Å². The summed E-state index contributed by atoms with van der Waals surface area (Å²) in [5.41, 5.74) is 2.23. The number of aryl methyl sites for hydroxylation is 1. The van der Waals surface area contributed by atoms with Gasteiger partial charge in [-0.05, 0) is 45.2 Å². The fourth-order valence-corrected chi connectivity index (χ4v) is 2.45. The molecule has 1 aromatic rings. The van der Waals surface area contributed by atoms with Crippen molar-refractivity contribution in [3.63, 3.8) is 0 Å². The Bertz CT molecular complexity index is 413. The molecule has 1 aliphatic carbocycles. The van der Waals surface area contributed by atoms with Crippen molar-refractivity contribution in [2.45, 2.75) is 44.8 Å². The molecule has 0 aliphatic heterocycles. The first-order chi connectivity index (χ1) is 8.54. The third kappa shape index (κ3) is 2.85. The average Bonchev–Trinajstić information content (AvgIpc) is 2.33. The molecule has 0 bridgehead atoms.